The van der Waals surface area contributed by atoms with Crippen molar-refractivity contribution in [3.05, 3.63) is 43.9 Å². The van der Waals surface area contributed by atoms with Crippen LogP contribution in [0.4, 0.5) is 4.39 Å². The van der Waals surface area contributed by atoms with Crippen LogP contribution in [0.2, 0.25) is 10.0 Å². The van der Waals surface area contributed by atoms with Gasteiger partial charge in [-0.15, -0.1) is 5.10 Å². The number of hydrogen-bond acceptors (Lipinski definition) is 3. The second-order valence-corrected chi connectivity index (χ2v) is 5.74. The lowest BCUT2D eigenvalue weighted by Gasteiger charge is -2.25. The molecule has 0 radical (unpaired) electrons. The van der Waals surface area contributed by atoms with Gasteiger partial charge in [0.15, 0.2) is 4.60 Å². The van der Waals surface area contributed by atoms with E-state index < -0.39 is 11.4 Å². The van der Waals surface area contributed by atoms with Gasteiger partial charge in [0.1, 0.15) is 17.1 Å². The molecule has 0 aliphatic rings. The van der Waals surface area contributed by atoms with E-state index in [0.717, 1.165) is 6.07 Å². The average molecular weight is 369 g/mol. The highest BCUT2D eigenvalue weighted by Gasteiger charge is 2.35. The maximum atomic E-state index is 13.6. The summed E-state index contributed by atoms with van der Waals surface area (Å²) in [5, 5.41) is 18.3. The topological polar surface area (TPSA) is 50.9 Å². The normalized spacial score (nSPS) is 14.5. The maximum absolute atomic E-state index is 13.6. The molecule has 0 aliphatic carbocycles. The Morgan fingerprint density at radius 3 is 2.53 bits per heavy atom. The molecule has 2 aromatic rings. The Labute approximate surface area is 127 Å². The van der Waals surface area contributed by atoms with Crippen LogP contribution in [0.5, 0.6) is 0 Å². The third-order valence-electron chi connectivity index (χ3n) is 2.78. The minimum atomic E-state index is -1.57. The number of hydrogen-bond donors (Lipinski definition) is 1. The molecular formula is C11H9BrCl2FN3O. The molecule has 1 heterocycles. The molecule has 0 spiro atoms. The van der Waals surface area contributed by atoms with Crippen molar-refractivity contribution in [2.45, 2.75) is 12.5 Å². The van der Waals surface area contributed by atoms with Crippen LogP contribution >= 0.6 is 39.1 Å². The van der Waals surface area contributed by atoms with Crippen LogP contribution in [-0.2, 0) is 12.6 Å². The van der Waals surface area contributed by atoms with E-state index in [-0.39, 0.29) is 15.6 Å². The Kier molecular flexibility index (Phi) is 3.88. The number of aryl methyl sites for hydroxylation is 1. The summed E-state index contributed by atoms with van der Waals surface area (Å²) >= 11 is 14.9. The third-order valence-corrected chi connectivity index (χ3v) is 3.92. The molecule has 0 aliphatic heterocycles. The quantitative estimate of drug-likeness (QED) is 0.827. The molecule has 1 atom stereocenters. The molecule has 0 fully saturated rings. The molecule has 8 heteroatoms. The molecule has 2 rings (SSSR count). The third kappa shape index (κ3) is 2.50. The maximum Gasteiger partial charge on any atom is 0.154 e. The highest BCUT2D eigenvalue weighted by atomic mass is 79.9. The highest BCUT2D eigenvalue weighted by Crippen LogP contribution is 2.38. The zero-order valence-corrected chi connectivity index (χ0v) is 13.1. The molecule has 0 amide bonds. The fourth-order valence-corrected chi connectivity index (χ4v) is 3.15. The zero-order chi connectivity index (χ0) is 14.4. The van der Waals surface area contributed by atoms with Gasteiger partial charge in [-0.1, -0.05) is 28.4 Å². The van der Waals surface area contributed by atoms with E-state index in [9.17, 15) is 9.50 Å². The minimum absolute atomic E-state index is 0.105. The lowest BCUT2D eigenvalue weighted by atomic mass is 9.92. The first kappa shape index (κ1) is 14.7. The van der Waals surface area contributed by atoms with Crippen LogP contribution in [0.1, 0.15) is 18.2 Å². The Bertz CT molecular complexity index is 626. The first-order valence-corrected chi connectivity index (χ1v) is 6.73. The summed E-state index contributed by atoms with van der Waals surface area (Å²) in [6, 6.07) is 2.35. The standard InChI is InChI=1S/C11H9BrCl2FN3O/c1-11(19,9-10(12)16-17-18(9)2)5-3-8(15)7(14)4-6(5)13/h3-4,19H,1-2H3. The molecule has 0 saturated heterocycles. The van der Waals surface area contributed by atoms with E-state index in [4.69, 9.17) is 23.2 Å². The van der Waals surface area contributed by atoms with Gasteiger partial charge in [0, 0.05) is 17.6 Å². The lowest BCUT2D eigenvalue weighted by Crippen LogP contribution is -2.27. The van der Waals surface area contributed by atoms with E-state index >= 15 is 0 Å². The van der Waals surface area contributed by atoms with Crippen molar-refractivity contribution in [1.29, 1.82) is 0 Å². The largest absolute Gasteiger partial charge is 0.379 e. The van der Waals surface area contributed by atoms with Gasteiger partial charge in [-0.25, -0.2) is 9.07 Å². The second kappa shape index (κ2) is 5.01. The van der Waals surface area contributed by atoms with Crippen molar-refractivity contribution in [1.82, 2.24) is 15.0 Å². The van der Waals surface area contributed by atoms with Gasteiger partial charge in [0.2, 0.25) is 0 Å². The van der Waals surface area contributed by atoms with Crippen molar-refractivity contribution in [3.63, 3.8) is 0 Å². The smallest absolute Gasteiger partial charge is 0.154 e. The number of rotatable bonds is 2. The second-order valence-electron chi connectivity index (χ2n) is 4.17. The molecule has 1 aromatic carbocycles. The number of benzene rings is 1. The predicted molar refractivity (Wildman–Crippen MR) is 73.8 cm³/mol. The van der Waals surface area contributed by atoms with Crippen LogP contribution in [0.3, 0.4) is 0 Å². The van der Waals surface area contributed by atoms with E-state index in [1.54, 1.807) is 7.05 Å². The summed E-state index contributed by atoms with van der Waals surface area (Å²) in [5.74, 6) is -0.660. The monoisotopic (exact) mass is 367 g/mol. The van der Waals surface area contributed by atoms with Crippen molar-refractivity contribution in [3.8, 4) is 0 Å². The summed E-state index contributed by atoms with van der Waals surface area (Å²) < 4.78 is 15.3. The molecule has 1 N–H and O–H groups in total. The molecule has 1 unspecified atom stereocenters. The molecule has 0 saturated carbocycles. The van der Waals surface area contributed by atoms with E-state index in [1.165, 1.54) is 17.7 Å². The fraction of sp³-hybridized carbons (Fsp3) is 0.273. The van der Waals surface area contributed by atoms with Gasteiger partial charge in [-0.05, 0) is 35.0 Å². The fourth-order valence-electron chi connectivity index (χ4n) is 1.87. The van der Waals surface area contributed by atoms with Crippen LogP contribution in [0, 0.1) is 5.82 Å². The molecule has 0 bridgehead atoms. The Balaban J connectivity index is 2.66. The van der Waals surface area contributed by atoms with Crippen LogP contribution < -0.4 is 0 Å². The van der Waals surface area contributed by atoms with Crippen LogP contribution in [-0.4, -0.2) is 20.1 Å². The number of aromatic nitrogens is 3. The summed E-state index contributed by atoms with van der Waals surface area (Å²) in [5.41, 5.74) is -1.03. The van der Waals surface area contributed by atoms with Crippen LogP contribution in [0.15, 0.2) is 16.7 Å². The molecule has 19 heavy (non-hydrogen) atoms. The van der Waals surface area contributed by atoms with E-state index in [0.29, 0.717) is 10.3 Å². The van der Waals surface area contributed by atoms with Crippen molar-refractivity contribution in [2.24, 2.45) is 7.05 Å². The van der Waals surface area contributed by atoms with Gasteiger partial charge >= 0.3 is 0 Å². The Hall–Kier alpha value is -0.690. The lowest BCUT2D eigenvalue weighted by molar-refractivity contribution is 0.0918. The first-order valence-electron chi connectivity index (χ1n) is 5.18. The molecular weight excluding hydrogens is 360 g/mol. The summed E-state index contributed by atoms with van der Waals surface area (Å²) in [6.45, 7) is 1.48. The summed E-state index contributed by atoms with van der Waals surface area (Å²) in [7, 11) is 1.61. The predicted octanol–water partition coefficient (Wildman–Crippen LogP) is 3.28. The number of aliphatic hydroxyl groups is 1. The number of nitrogens with zero attached hydrogens (tertiary/aromatic N) is 3. The first-order chi connectivity index (χ1) is 8.75. The van der Waals surface area contributed by atoms with Gasteiger partial charge in [0.05, 0.1) is 5.02 Å². The van der Waals surface area contributed by atoms with Crippen molar-refractivity contribution >= 4 is 39.1 Å². The average Bonchev–Trinajstić information content (AvgIpc) is 2.64. The van der Waals surface area contributed by atoms with Gasteiger partial charge in [-0.2, -0.15) is 0 Å². The zero-order valence-electron chi connectivity index (χ0n) is 9.96. The Morgan fingerprint density at radius 1 is 1.37 bits per heavy atom. The van der Waals surface area contributed by atoms with Gasteiger partial charge in [0.25, 0.3) is 0 Å². The molecule has 1 aromatic heterocycles. The molecule has 102 valence electrons. The SMILES string of the molecule is Cn1nnc(Br)c1C(C)(O)c1cc(F)c(Cl)cc1Cl. The number of halogens is 4. The molecule has 4 nitrogen and oxygen atoms in total. The van der Waals surface area contributed by atoms with Gasteiger partial charge < -0.3 is 5.11 Å². The van der Waals surface area contributed by atoms with Crippen molar-refractivity contribution < 1.29 is 9.50 Å². The van der Waals surface area contributed by atoms with Crippen molar-refractivity contribution in [2.75, 3.05) is 0 Å². The minimum Gasteiger partial charge on any atom is -0.379 e. The summed E-state index contributed by atoms with van der Waals surface area (Å²) in [6.07, 6.45) is 0. The van der Waals surface area contributed by atoms with E-state index in [2.05, 4.69) is 26.2 Å². The van der Waals surface area contributed by atoms with Crippen LogP contribution in [0.25, 0.3) is 0 Å². The highest BCUT2D eigenvalue weighted by molar-refractivity contribution is 9.10. The Morgan fingerprint density at radius 2 is 2.00 bits per heavy atom. The van der Waals surface area contributed by atoms with Gasteiger partial charge in [-0.3, -0.25) is 0 Å². The van der Waals surface area contributed by atoms with E-state index in [1.807, 2.05) is 0 Å². The summed E-state index contributed by atoms with van der Waals surface area (Å²) in [4.78, 5) is 0.